The highest BCUT2D eigenvalue weighted by atomic mass is 16.7. The van der Waals surface area contributed by atoms with Gasteiger partial charge < -0.3 is 18.9 Å². The first-order valence-corrected chi connectivity index (χ1v) is 11.8. The van der Waals surface area contributed by atoms with Gasteiger partial charge in [0.15, 0.2) is 0 Å². The number of hydrogen-bond donors (Lipinski definition) is 0. The van der Waals surface area contributed by atoms with Crippen LogP contribution in [0.3, 0.4) is 0 Å². The SMILES string of the molecule is CC.CC(C)(C)OC=O.CN1CCN(Cc2cccc(B3OC(C)(C)C(C)(C)O3)c2)CC1. The number of benzene rings is 1. The molecular formula is C25H45BN2O4. The number of carbonyl (C=O) groups excluding carboxylic acids is 1. The van der Waals surface area contributed by atoms with Crippen LogP contribution in [0, 0.1) is 0 Å². The van der Waals surface area contributed by atoms with E-state index in [4.69, 9.17) is 9.31 Å². The molecule has 0 saturated carbocycles. The van der Waals surface area contributed by atoms with Crippen molar-refractivity contribution in [1.29, 1.82) is 0 Å². The highest BCUT2D eigenvalue weighted by Gasteiger charge is 2.51. The Morgan fingerprint density at radius 1 is 1.03 bits per heavy atom. The van der Waals surface area contributed by atoms with Gasteiger partial charge >= 0.3 is 7.12 Å². The Balaban J connectivity index is 0.000000488. The van der Waals surface area contributed by atoms with Crippen LogP contribution in [0.25, 0.3) is 0 Å². The summed E-state index contributed by atoms with van der Waals surface area (Å²) in [5, 5.41) is 0. The minimum absolute atomic E-state index is 0.271. The van der Waals surface area contributed by atoms with Crippen molar-refractivity contribution in [2.75, 3.05) is 33.2 Å². The van der Waals surface area contributed by atoms with Gasteiger partial charge in [-0.2, -0.15) is 0 Å². The fourth-order valence-corrected chi connectivity index (χ4v) is 3.23. The van der Waals surface area contributed by atoms with Crippen LogP contribution < -0.4 is 5.46 Å². The van der Waals surface area contributed by atoms with E-state index >= 15 is 0 Å². The van der Waals surface area contributed by atoms with Crippen LogP contribution in [0.5, 0.6) is 0 Å². The lowest BCUT2D eigenvalue weighted by atomic mass is 9.78. The molecule has 1 aromatic carbocycles. The highest BCUT2D eigenvalue weighted by molar-refractivity contribution is 6.62. The molecule has 1 aromatic rings. The second-order valence-corrected chi connectivity index (χ2v) is 10.2. The van der Waals surface area contributed by atoms with Crippen molar-refractivity contribution in [3.63, 3.8) is 0 Å². The van der Waals surface area contributed by atoms with Gasteiger partial charge in [0.05, 0.1) is 11.2 Å². The van der Waals surface area contributed by atoms with Crippen LogP contribution in [0.1, 0.15) is 67.9 Å². The van der Waals surface area contributed by atoms with Gasteiger partial charge in [0, 0.05) is 32.7 Å². The molecule has 0 radical (unpaired) electrons. The monoisotopic (exact) mass is 448 g/mol. The Kier molecular flexibility index (Phi) is 10.9. The van der Waals surface area contributed by atoms with Gasteiger partial charge in [-0.05, 0) is 66.5 Å². The van der Waals surface area contributed by atoms with Crippen LogP contribution in [0.2, 0.25) is 0 Å². The summed E-state index contributed by atoms with van der Waals surface area (Å²) >= 11 is 0. The molecule has 0 amide bonds. The van der Waals surface area contributed by atoms with Gasteiger partial charge in [0.25, 0.3) is 6.47 Å². The normalized spacial score (nSPS) is 20.5. The van der Waals surface area contributed by atoms with Gasteiger partial charge in [-0.3, -0.25) is 9.69 Å². The van der Waals surface area contributed by atoms with Gasteiger partial charge in [0.2, 0.25) is 0 Å². The summed E-state index contributed by atoms with van der Waals surface area (Å²) in [4.78, 5) is 14.5. The quantitative estimate of drug-likeness (QED) is 0.517. The lowest BCUT2D eigenvalue weighted by molar-refractivity contribution is -0.138. The third kappa shape index (κ3) is 8.85. The Bertz CT molecular complexity index is 679. The van der Waals surface area contributed by atoms with Gasteiger partial charge in [0.1, 0.15) is 5.60 Å². The third-order valence-corrected chi connectivity index (χ3v) is 5.88. The largest absolute Gasteiger partial charge is 0.494 e. The van der Waals surface area contributed by atoms with Crippen LogP contribution >= 0.6 is 0 Å². The van der Waals surface area contributed by atoms with Crippen LogP contribution in [0.15, 0.2) is 24.3 Å². The summed E-state index contributed by atoms with van der Waals surface area (Å²) in [6, 6.07) is 8.66. The molecule has 0 bridgehead atoms. The first-order chi connectivity index (χ1) is 14.8. The van der Waals surface area contributed by atoms with E-state index in [2.05, 4.69) is 73.5 Å². The maximum Gasteiger partial charge on any atom is 0.494 e. The minimum atomic E-state index is -0.318. The smallest absolute Gasteiger partial charge is 0.462 e. The van der Waals surface area contributed by atoms with Crippen molar-refractivity contribution >= 4 is 19.1 Å². The van der Waals surface area contributed by atoms with Gasteiger partial charge in [-0.25, -0.2) is 0 Å². The highest BCUT2D eigenvalue weighted by Crippen LogP contribution is 2.36. The van der Waals surface area contributed by atoms with Crippen molar-refractivity contribution in [3.05, 3.63) is 29.8 Å². The summed E-state index contributed by atoms with van der Waals surface area (Å²) in [5.74, 6) is 0. The zero-order valence-corrected chi connectivity index (χ0v) is 22.0. The Morgan fingerprint density at radius 2 is 1.56 bits per heavy atom. The van der Waals surface area contributed by atoms with E-state index in [-0.39, 0.29) is 23.9 Å². The molecule has 7 heteroatoms. The second kappa shape index (κ2) is 12.2. The number of piperazine rings is 1. The first kappa shape index (κ1) is 28.6. The second-order valence-electron chi connectivity index (χ2n) is 10.2. The first-order valence-electron chi connectivity index (χ1n) is 11.8. The Hall–Kier alpha value is -1.41. The maximum absolute atomic E-state index is 9.60. The molecule has 0 aromatic heterocycles. The van der Waals surface area contributed by atoms with E-state index < -0.39 is 0 Å². The number of hydrogen-bond acceptors (Lipinski definition) is 6. The summed E-state index contributed by atoms with van der Waals surface area (Å²) in [7, 11) is 1.92. The molecule has 2 saturated heterocycles. The number of nitrogens with zero attached hydrogens (tertiary/aromatic N) is 2. The zero-order chi connectivity index (χ0) is 24.6. The molecule has 3 rings (SSSR count). The minimum Gasteiger partial charge on any atom is -0.462 e. The number of rotatable bonds is 4. The predicted octanol–water partition coefficient (Wildman–Crippen LogP) is 3.72. The van der Waals surface area contributed by atoms with Gasteiger partial charge in [-0.15, -0.1) is 0 Å². The zero-order valence-electron chi connectivity index (χ0n) is 22.0. The summed E-state index contributed by atoms with van der Waals surface area (Å²) in [6.07, 6.45) is 0. The molecular weight excluding hydrogens is 403 g/mol. The molecule has 2 aliphatic rings. The number of likely N-dealkylation sites (N-methyl/N-ethyl adjacent to an activating group) is 1. The van der Waals surface area contributed by atoms with E-state index in [1.54, 1.807) is 0 Å². The fraction of sp³-hybridized carbons (Fsp3) is 0.720. The van der Waals surface area contributed by atoms with E-state index in [9.17, 15) is 4.79 Å². The van der Waals surface area contributed by atoms with Crippen molar-refractivity contribution < 1.29 is 18.8 Å². The molecule has 2 fully saturated rings. The molecule has 2 aliphatic heterocycles. The lowest BCUT2D eigenvalue weighted by Gasteiger charge is -2.32. The summed E-state index contributed by atoms with van der Waals surface area (Å²) in [5.41, 5.74) is 1.56. The average Bonchev–Trinajstić information content (AvgIpc) is 2.92. The van der Waals surface area contributed by atoms with Crippen LogP contribution in [0.4, 0.5) is 0 Å². The summed E-state index contributed by atoms with van der Waals surface area (Å²) in [6.45, 7) is 23.9. The van der Waals surface area contributed by atoms with Crippen LogP contribution in [-0.4, -0.2) is 73.4 Å². The molecule has 0 aliphatic carbocycles. The number of carbonyl (C=O) groups is 1. The Morgan fingerprint density at radius 3 is 2.00 bits per heavy atom. The average molecular weight is 448 g/mol. The number of ether oxygens (including phenoxy) is 1. The van der Waals surface area contributed by atoms with E-state index in [1.165, 1.54) is 5.56 Å². The molecule has 2 heterocycles. The third-order valence-electron chi connectivity index (χ3n) is 5.88. The molecule has 0 atom stereocenters. The molecule has 32 heavy (non-hydrogen) atoms. The predicted molar refractivity (Wildman–Crippen MR) is 133 cm³/mol. The van der Waals surface area contributed by atoms with Crippen molar-refractivity contribution in [2.24, 2.45) is 0 Å². The topological polar surface area (TPSA) is 51.2 Å². The lowest BCUT2D eigenvalue weighted by Crippen LogP contribution is -2.44. The molecule has 0 N–H and O–H groups in total. The molecule has 6 nitrogen and oxygen atoms in total. The standard InChI is InChI=1S/C18H29BN2O2.C5H10O2.C2H6/c1-17(2)18(3,4)23-19(22-17)16-8-6-7-15(13-16)14-21-11-9-20(5)10-12-21;1-5(2,3)7-4-6;1-2/h6-8,13H,9-12,14H2,1-5H3;4H,1-3H3;1-2H3. The van der Waals surface area contributed by atoms with Crippen molar-refractivity contribution in [1.82, 2.24) is 9.80 Å². The molecule has 182 valence electrons. The van der Waals surface area contributed by atoms with E-state index in [0.717, 1.165) is 38.2 Å². The van der Waals surface area contributed by atoms with E-state index in [1.807, 2.05) is 34.6 Å². The van der Waals surface area contributed by atoms with Gasteiger partial charge in [-0.1, -0.05) is 38.1 Å². The van der Waals surface area contributed by atoms with Crippen molar-refractivity contribution in [3.8, 4) is 0 Å². The summed E-state index contributed by atoms with van der Waals surface area (Å²) < 4.78 is 16.9. The molecule has 0 spiro atoms. The van der Waals surface area contributed by atoms with Crippen LogP contribution in [-0.2, 0) is 25.4 Å². The molecule has 0 unspecified atom stereocenters. The van der Waals surface area contributed by atoms with E-state index in [0.29, 0.717) is 6.47 Å². The fourth-order valence-electron chi connectivity index (χ4n) is 3.23. The Labute approximate surface area is 196 Å². The van der Waals surface area contributed by atoms with Crippen molar-refractivity contribution in [2.45, 2.75) is 85.7 Å². The maximum atomic E-state index is 9.60.